The molecule has 6 nitrogen and oxygen atoms in total. The third kappa shape index (κ3) is 5.91. The molecule has 0 aromatic carbocycles. The SMILES string of the molecule is Cc1cccc(CCNC(=O)CCN(C)[C@H]2CCS(=O)(=O)C2)n1. The van der Waals surface area contributed by atoms with Gasteiger partial charge in [0, 0.05) is 43.4 Å². The molecule has 1 aromatic heterocycles. The van der Waals surface area contributed by atoms with Crippen molar-refractivity contribution in [2.45, 2.75) is 32.2 Å². The van der Waals surface area contributed by atoms with Gasteiger partial charge in [-0.3, -0.25) is 9.78 Å². The maximum Gasteiger partial charge on any atom is 0.221 e. The predicted octanol–water partition coefficient (Wildman–Crippen LogP) is 0.558. The number of nitrogens with zero attached hydrogens (tertiary/aromatic N) is 2. The Hall–Kier alpha value is -1.47. The Morgan fingerprint density at radius 1 is 1.43 bits per heavy atom. The Kier molecular flexibility index (Phi) is 6.12. The van der Waals surface area contributed by atoms with Crippen LogP contribution in [0.15, 0.2) is 18.2 Å². The maximum atomic E-state index is 11.9. The van der Waals surface area contributed by atoms with Gasteiger partial charge in [-0.1, -0.05) is 6.07 Å². The van der Waals surface area contributed by atoms with Crippen LogP contribution < -0.4 is 5.32 Å². The van der Waals surface area contributed by atoms with Crippen LogP contribution in [0.1, 0.15) is 24.2 Å². The Bertz CT molecular complexity index is 646. The molecule has 1 atom stereocenters. The highest BCUT2D eigenvalue weighted by molar-refractivity contribution is 7.91. The zero-order valence-electron chi connectivity index (χ0n) is 13.8. The van der Waals surface area contributed by atoms with E-state index in [4.69, 9.17) is 0 Å². The van der Waals surface area contributed by atoms with Crippen molar-refractivity contribution in [3.63, 3.8) is 0 Å². The predicted molar refractivity (Wildman–Crippen MR) is 90.0 cm³/mol. The van der Waals surface area contributed by atoms with Crippen LogP contribution in [0.2, 0.25) is 0 Å². The number of carbonyl (C=O) groups excluding carboxylic acids is 1. The van der Waals surface area contributed by atoms with E-state index in [1.807, 2.05) is 37.1 Å². The highest BCUT2D eigenvalue weighted by Crippen LogP contribution is 2.16. The van der Waals surface area contributed by atoms with Gasteiger partial charge in [-0.2, -0.15) is 0 Å². The first kappa shape index (κ1) is 17.9. The summed E-state index contributed by atoms with van der Waals surface area (Å²) in [5, 5.41) is 2.89. The van der Waals surface area contributed by atoms with Gasteiger partial charge in [0.1, 0.15) is 0 Å². The van der Waals surface area contributed by atoms with E-state index >= 15 is 0 Å². The van der Waals surface area contributed by atoms with Crippen LogP contribution in [-0.4, -0.2) is 61.9 Å². The van der Waals surface area contributed by atoms with Gasteiger partial charge in [-0.05, 0) is 32.5 Å². The fourth-order valence-corrected chi connectivity index (χ4v) is 4.55. The number of aryl methyl sites for hydroxylation is 1. The summed E-state index contributed by atoms with van der Waals surface area (Å²) in [6.45, 7) is 3.09. The van der Waals surface area contributed by atoms with Crippen molar-refractivity contribution < 1.29 is 13.2 Å². The standard InChI is InChI=1S/C16H25N3O3S/c1-13-4-3-5-14(18-13)6-9-17-16(20)7-10-19(2)15-8-11-23(21,22)12-15/h3-5,15H,6-12H2,1-2H3,(H,17,20)/t15-/m0/s1. The van der Waals surface area contributed by atoms with Gasteiger partial charge in [-0.25, -0.2) is 8.42 Å². The molecule has 128 valence electrons. The molecule has 0 radical (unpaired) electrons. The second-order valence-electron chi connectivity index (χ2n) is 6.16. The van der Waals surface area contributed by atoms with E-state index in [-0.39, 0.29) is 23.5 Å². The second-order valence-corrected chi connectivity index (χ2v) is 8.39. The second kappa shape index (κ2) is 7.88. The quantitative estimate of drug-likeness (QED) is 0.785. The third-order valence-corrected chi connectivity index (χ3v) is 5.92. The molecule has 1 aliphatic rings. The van der Waals surface area contributed by atoms with Crippen LogP contribution in [0.25, 0.3) is 0 Å². The van der Waals surface area contributed by atoms with E-state index in [0.29, 0.717) is 32.4 Å². The summed E-state index contributed by atoms with van der Waals surface area (Å²) in [6.07, 6.45) is 1.76. The summed E-state index contributed by atoms with van der Waals surface area (Å²) in [5.41, 5.74) is 1.94. The molecule has 2 rings (SSSR count). The lowest BCUT2D eigenvalue weighted by Crippen LogP contribution is -2.36. The number of hydrogen-bond donors (Lipinski definition) is 1. The fourth-order valence-electron chi connectivity index (χ4n) is 2.74. The minimum absolute atomic E-state index is 0.00893. The molecular weight excluding hydrogens is 314 g/mol. The number of amides is 1. The average Bonchev–Trinajstić information content (AvgIpc) is 2.85. The summed E-state index contributed by atoms with van der Waals surface area (Å²) in [5.74, 6) is 0.465. The lowest BCUT2D eigenvalue weighted by molar-refractivity contribution is -0.121. The maximum absolute atomic E-state index is 11.9. The first-order valence-electron chi connectivity index (χ1n) is 7.95. The van der Waals surface area contributed by atoms with Gasteiger partial charge >= 0.3 is 0 Å². The topological polar surface area (TPSA) is 79.4 Å². The van der Waals surface area contributed by atoms with Crippen molar-refractivity contribution in [3.05, 3.63) is 29.6 Å². The van der Waals surface area contributed by atoms with Crippen LogP contribution in [-0.2, 0) is 21.1 Å². The van der Waals surface area contributed by atoms with Gasteiger partial charge in [0.15, 0.2) is 9.84 Å². The van der Waals surface area contributed by atoms with Crippen molar-refractivity contribution in [1.29, 1.82) is 0 Å². The summed E-state index contributed by atoms with van der Waals surface area (Å²) < 4.78 is 22.9. The van der Waals surface area contributed by atoms with Crippen molar-refractivity contribution in [2.75, 3.05) is 31.6 Å². The van der Waals surface area contributed by atoms with Gasteiger partial charge in [0.05, 0.1) is 11.5 Å². The minimum atomic E-state index is -2.88. The van der Waals surface area contributed by atoms with E-state index in [2.05, 4.69) is 10.3 Å². The Labute approximate surface area is 138 Å². The first-order valence-corrected chi connectivity index (χ1v) is 9.78. The molecule has 7 heteroatoms. The molecule has 1 N–H and O–H groups in total. The molecule has 2 heterocycles. The van der Waals surface area contributed by atoms with E-state index in [1.54, 1.807) is 0 Å². The summed E-state index contributed by atoms with van der Waals surface area (Å²) in [7, 11) is -0.992. The first-order chi connectivity index (χ1) is 10.9. The van der Waals surface area contributed by atoms with E-state index in [9.17, 15) is 13.2 Å². The van der Waals surface area contributed by atoms with Crippen LogP contribution in [0.3, 0.4) is 0 Å². The van der Waals surface area contributed by atoms with Crippen molar-refractivity contribution in [1.82, 2.24) is 15.2 Å². The summed E-state index contributed by atoms with van der Waals surface area (Å²) >= 11 is 0. The van der Waals surface area contributed by atoms with Gasteiger partial charge < -0.3 is 10.2 Å². The van der Waals surface area contributed by atoms with Crippen LogP contribution >= 0.6 is 0 Å². The zero-order chi connectivity index (χ0) is 16.9. The number of rotatable bonds is 7. The van der Waals surface area contributed by atoms with Crippen molar-refractivity contribution in [2.24, 2.45) is 0 Å². The molecule has 0 spiro atoms. The van der Waals surface area contributed by atoms with Crippen LogP contribution in [0.5, 0.6) is 0 Å². The number of nitrogens with one attached hydrogen (secondary N) is 1. The number of aromatic nitrogens is 1. The molecule has 0 aliphatic carbocycles. The Morgan fingerprint density at radius 3 is 2.87 bits per heavy atom. The lowest BCUT2D eigenvalue weighted by Gasteiger charge is -2.22. The molecule has 1 amide bonds. The van der Waals surface area contributed by atoms with Crippen LogP contribution in [0.4, 0.5) is 0 Å². The lowest BCUT2D eigenvalue weighted by atomic mass is 10.2. The summed E-state index contributed by atoms with van der Waals surface area (Å²) in [6, 6.07) is 5.91. The van der Waals surface area contributed by atoms with E-state index in [0.717, 1.165) is 11.4 Å². The highest BCUT2D eigenvalue weighted by Gasteiger charge is 2.30. The Morgan fingerprint density at radius 2 is 2.22 bits per heavy atom. The molecule has 23 heavy (non-hydrogen) atoms. The number of pyridine rings is 1. The van der Waals surface area contributed by atoms with Gasteiger partial charge in [-0.15, -0.1) is 0 Å². The van der Waals surface area contributed by atoms with E-state index in [1.165, 1.54) is 0 Å². The van der Waals surface area contributed by atoms with Gasteiger partial charge in [0.25, 0.3) is 0 Å². The molecule has 0 bridgehead atoms. The van der Waals surface area contributed by atoms with Crippen LogP contribution in [0, 0.1) is 6.92 Å². The van der Waals surface area contributed by atoms with E-state index < -0.39 is 9.84 Å². The number of carbonyl (C=O) groups is 1. The molecule has 1 saturated heterocycles. The molecule has 0 unspecified atom stereocenters. The number of hydrogen-bond acceptors (Lipinski definition) is 5. The summed E-state index contributed by atoms with van der Waals surface area (Å²) in [4.78, 5) is 18.2. The fraction of sp³-hybridized carbons (Fsp3) is 0.625. The third-order valence-electron chi connectivity index (χ3n) is 4.17. The molecule has 1 aliphatic heterocycles. The van der Waals surface area contributed by atoms with Crippen molar-refractivity contribution in [3.8, 4) is 0 Å². The van der Waals surface area contributed by atoms with Crippen molar-refractivity contribution >= 4 is 15.7 Å². The smallest absolute Gasteiger partial charge is 0.221 e. The number of sulfone groups is 1. The molecular formula is C16H25N3O3S. The molecule has 1 fully saturated rings. The zero-order valence-corrected chi connectivity index (χ0v) is 14.6. The molecule has 1 aromatic rings. The largest absolute Gasteiger partial charge is 0.356 e. The molecule has 0 saturated carbocycles. The highest BCUT2D eigenvalue weighted by atomic mass is 32.2. The normalized spacial score (nSPS) is 19.9. The van der Waals surface area contributed by atoms with Gasteiger partial charge in [0.2, 0.25) is 5.91 Å². The average molecular weight is 339 g/mol. The monoisotopic (exact) mass is 339 g/mol. The minimum Gasteiger partial charge on any atom is -0.356 e. The Balaban J connectivity index is 1.65.